The summed E-state index contributed by atoms with van der Waals surface area (Å²) in [5, 5.41) is 9.22. The maximum Gasteiger partial charge on any atom is 0.310 e. The molecule has 0 aliphatic rings. The van der Waals surface area contributed by atoms with Crippen LogP contribution >= 0.6 is 15.9 Å². The molecule has 0 aromatic carbocycles. The van der Waals surface area contributed by atoms with Gasteiger partial charge in [-0.25, -0.2) is 4.98 Å². The number of methoxy groups -OCH3 is 1. The number of rotatable bonds is 2. The summed E-state index contributed by atoms with van der Waals surface area (Å²) in [5.41, 5.74) is 0.618. The molecule has 1 N–H and O–H groups in total. The molecule has 1 heterocycles. The summed E-state index contributed by atoms with van der Waals surface area (Å²) in [6, 6.07) is 1.47. The van der Waals surface area contributed by atoms with Gasteiger partial charge in [-0.1, -0.05) is 0 Å². The fourth-order valence-electron chi connectivity index (χ4n) is 0.814. The zero-order chi connectivity index (χ0) is 9.84. The number of aromatic nitrogens is 1. The molecule has 0 atom stereocenters. The molecular formula is C8H8BrNO3. The second-order valence-electron chi connectivity index (χ2n) is 2.41. The predicted molar refractivity (Wildman–Crippen MR) is 49.3 cm³/mol. The van der Waals surface area contributed by atoms with E-state index in [0.717, 1.165) is 0 Å². The van der Waals surface area contributed by atoms with Gasteiger partial charge in [0.25, 0.3) is 0 Å². The molecule has 0 saturated heterocycles. The average Bonchev–Trinajstić information content (AvgIpc) is 2.11. The first kappa shape index (κ1) is 9.98. The second kappa shape index (κ2) is 4.23. The van der Waals surface area contributed by atoms with Gasteiger partial charge in [0.05, 0.1) is 13.5 Å². The standard InChI is InChI=1S/C8H8BrNO3/c1-13-7(12)3-5-2-6(11)8(9)10-4-5/h2,4,11H,3H2,1H3. The van der Waals surface area contributed by atoms with Crippen LogP contribution in [-0.2, 0) is 16.0 Å². The molecular weight excluding hydrogens is 238 g/mol. The van der Waals surface area contributed by atoms with Crippen LogP contribution in [0.5, 0.6) is 5.75 Å². The molecule has 0 spiro atoms. The summed E-state index contributed by atoms with van der Waals surface area (Å²) in [6.45, 7) is 0. The third-order valence-electron chi connectivity index (χ3n) is 1.45. The van der Waals surface area contributed by atoms with E-state index in [1.807, 2.05) is 0 Å². The number of nitrogens with zero attached hydrogens (tertiary/aromatic N) is 1. The van der Waals surface area contributed by atoms with Crippen LogP contribution in [0.3, 0.4) is 0 Å². The lowest BCUT2D eigenvalue weighted by Gasteiger charge is -2.00. The number of ether oxygens (including phenoxy) is 1. The second-order valence-corrected chi connectivity index (χ2v) is 3.16. The van der Waals surface area contributed by atoms with Crippen molar-refractivity contribution in [2.75, 3.05) is 7.11 Å². The Bertz CT molecular complexity index is 327. The summed E-state index contributed by atoms with van der Waals surface area (Å²) in [6.07, 6.45) is 1.62. The number of aromatic hydroxyl groups is 1. The largest absolute Gasteiger partial charge is 0.505 e. The fraction of sp³-hybridized carbons (Fsp3) is 0.250. The highest BCUT2D eigenvalue weighted by Gasteiger charge is 2.05. The third-order valence-corrected chi connectivity index (χ3v) is 2.06. The molecule has 0 aliphatic carbocycles. The summed E-state index contributed by atoms with van der Waals surface area (Å²) in [4.78, 5) is 14.7. The molecule has 4 nitrogen and oxygen atoms in total. The van der Waals surface area contributed by atoms with Crippen molar-refractivity contribution in [3.8, 4) is 5.75 Å². The van der Waals surface area contributed by atoms with Gasteiger partial charge in [0.2, 0.25) is 0 Å². The Morgan fingerprint density at radius 1 is 1.77 bits per heavy atom. The molecule has 1 aromatic heterocycles. The Morgan fingerprint density at radius 2 is 2.46 bits per heavy atom. The molecule has 0 radical (unpaired) electrons. The lowest BCUT2D eigenvalue weighted by atomic mass is 10.2. The van der Waals surface area contributed by atoms with E-state index in [1.165, 1.54) is 19.4 Å². The fourth-order valence-corrected chi connectivity index (χ4v) is 1.03. The number of hydrogen-bond acceptors (Lipinski definition) is 4. The van der Waals surface area contributed by atoms with Crippen molar-refractivity contribution in [3.63, 3.8) is 0 Å². The van der Waals surface area contributed by atoms with Gasteiger partial charge in [-0.3, -0.25) is 4.79 Å². The minimum atomic E-state index is -0.358. The van der Waals surface area contributed by atoms with Crippen LogP contribution in [0.1, 0.15) is 5.56 Å². The minimum absolute atomic E-state index is 0.0152. The highest BCUT2D eigenvalue weighted by atomic mass is 79.9. The zero-order valence-electron chi connectivity index (χ0n) is 6.95. The van der Waals surface area contributed by atoms with Gasteiger partial charge >= 0.3 is 5.97 Å². The highest BCUT2D eigenvalue weighted by molar-refractivity contribution is 9.10. The van der Waals surface area contributed by atoms with E-state index in [9.17, 15) is 9.90 Å². The molecule has 0 saturated carbocycles. The monoisotopic (exact) mass is 245 g/mol. The van der Waals surface area contributed by atoms with Gasteiger partial charge in [-0.2, -0.15) is 0 Å². The van der Waals surface area contributed by atoms with Crippen molar-refractivity contribution in [2.45, 2.75) is 6.42 Å². The number of esters is 1. The normalized spacial score (nSPS) is 9.69. The lowest BCUT2D eigenvalue weighted by Crippen LogP contribution is -2.04. The van der Waals surface area contributed by atoms with Gasteiger partial charge in [0.15, 0.2) is 0 Å². The minimum Gasteiger partial charge on any atom is -0.505 e. The zero-order valence-corrected chi connectivity index (χ0v) is 8.54. The van der Waals surface area contributed by atoms with Gasteiger partial charge in [-0.05, 0) is 27.6 Å². The quantitative estimate of drug-likeness (QED) is 0.630. The van der Waals surface area contributed by atoms with Gasteiger partial charge in [0.1, 0.15) is 10.4 Å². The smallest absolute Gasteiger partial charge is 0.310 e. The molecule has 13 heavy (non-hydrogen) atoms. The summed E-state index contributed by atoms with van der Waals surface area (Å²) in [7, 11) is 1.31. The Balaban J connectivity index is 2.79. The number of halogens is 1. The van der Waals surface area contributed by atoms with E-state index in [4.69, 9.17) is 0 Å². The average molecular weight is 246 g/mol. The number of carbonyl (C=O) groups is 1. The SMILES string of the molecule is COC(=O)Cc1cnc(Br)c(O)c1. The van der Waals surface area contributed by atoms with E-state index < -0.39 is 0 Å². The van der Waals surface area contributed by atoms with Crippen molar-refractivity contribution >= 4 is 21.9 Å². The molecule has 5 heteroatoms. The molecule has 70 valence electrons. The third kappa shape index (κ3) is 2.69. The predicted octanol–water partition coefficient (Wildman–Crippen LogP) is 1.27. The molecule has 0 unspecified atom stereocenters. The first-order chi connectivity index (χ1) is 6.13. The van der Waals surface area contributed by atoms with E-state index in [0.29, 0.717) is 10.2 Å². The van der Waals surface area contributed by atoms with Crippen molar-refractivity contribution < 1.29 is 14.6 Å². The van der Waals surface area contributed by atoms with Crippen LogP contribution in [0.2, 0.25) is 0 Å². The van der Waals surface area contributed by atoms with Crippen molar-refractivity contribution in [2.24, 2.45) is 0 Å². The highest BCUT2D eigenvalue weighted by Crippen LogP contribution is 2.21. The Kier molecular flexibility index (Phi) is 3.25. The van der Waals surface area contributed by atoms with Gasteiger partial charge in [-0.15, -0.1) is 0 Å². The number of pyridine rings is 1. The van der Waals surface area contributed by atoms with E-state index in [1.54, 1.807) is 0 Å². The van der Waals surface area contributed by atoms with E-state index in [-0.39, 0.29) is 18.1 Å². The lowest BCUT2D eigenvalue weighted by molar-refractivity contribution is -0.139. The maximum atomic E-state index is 10.8. The van der Waals surface area contributed by atoms with E-state index >= 15 is 0 Å². The molecule has 1 aromatic rings. The van der Waals surface area contributed by atoms with Crippen LogP contribution in [0.15, 0.2) is 16.9 Å². The van der Waals surface area contributed by atoms with Crippen LogP contribution in [0.25, 0.3) is 0 Å². The van der Waals surface area contributed by atoms with Crippen molar-refractivity contribution in [1.82, 2.24) is 4.98 Å². The number of hydrogen-bond donors (Lipinski definition) is 1. The first-order valence-corrected chi connectivity index (χ1v) is 4.33. The van der Waals surface area contributed by atoms with Gasteiger partial charge in [0, 0.05) is 6.20 Å². The summed E-state index contributed by atoms with van der Waals surface area (Å²) < 4.78 is 4.83. The Morgan fingerprint density at radius 3 is 3.00 bits per heavy atom. The van der Waals surface area contributed by atoms with E-state index in [2.05, 4.69) is 25.7 Å². The Labute approximate surface area is 83.7 Å². The van der Waals surface area contributed by atoms with Crippen molar-refractivity contribution in [1.29, 1.82) is 0 Å². The first-order valence-electron chi connectivity index (χ1n) is 3.53. The van der Waals surface area contributed by atoms with Crippen molar-refractivity contribution in [3.05, 3.63) is 22.4 Å². The molecule has 0 amide bonds. The van der Waals surface area contributed by atoms with Crippen LogP contribution in [0.4, 0.5) is 0 Å². The van der Waals surface area contributed by atoms with Crippen LogP contribution in [-0.4, -0.2) is 23.2 Å². The number of carbonyl (C=O) groups excluding carboxylic acids is 1. The molecule has 0 aliphatic heterocycles. The van der Waals surface area contributed by atoms with Gasteiger partial charge < -0.3 is 9.84 Å². The van der Waals surface area contributed by atoms with Crippen LogP contribution < -0.4 is 0 Å². The maximum absolute atomic E-state index is 10.8. The van der Waals surface area contributed by atoms with Crippen LogP contribution in [0, 0.1) is 0 Å². The Hall–Kier alpha value is -1.10. The topological polar surface area (TPSA) is 59.4 Å². The molecule has 0 fully saturated rings. The summed E-state index contributed by atoms with van der Waals surface area (Å²) >= 11 is 3.04. The summed E-state index contributed by atoms with van der Waals surface area (Å²) in [5.74, 6) is -0.343. The molecule has 1 rings (SSSR count). The molecule has 0 bridgehead atoms.